The van der Waals surface area contributed by atoms with Gasteiger partial charge in [0.15, 0.2) is 0 Å². The number of nitrogens with one attached hydrogen (secondary N) is 1. The van der Waals surface area contributed by atoms with Crippen LogP contribution in [0.25, 0.3) is 0 Å². The summed E-state index contributed by atoms with van der Waals surface area (Å²) in [5.74, 6) is 0. The van der Waals surface area contributed by atoms with Crippen molar-refractivity contribution in [1.82, 2.24) is 5.48 Å². The number of hydrogen-bond donors (Lipinski definition) is 1. The molecule has 1 fully saturated rings. The molecular formula is C17H29NO3. The van der Waals surface area contributed by atoms with Crippen LogP contribution < -0.4 is 5.48 Å². The molecule has 1 saturated heterocycles. The molecule has 2 unspecified atom stereocenters. The lowest BCUT2D eigenvalue weighted by molar-refractivity contribution is -0.0354. The Labute approximate surface area is 128 Å². The van der Waals surface area contributed by atoms with Crippen LogP contribution in [0.4, 0.5) is 0 Å². The number of hydrogen-bond acceptors (Lipinski definition) is 4. The number of hydroxylamine groups is 1. The molecule has 1 aliphatic rings. The first-order chi connectivity index (χ1) is 9.85. The van der Waals surface area contributed by atoms with Crippen LogP contribution in [0.5, 0.6) is 0 Å². The van der Waals surface area contributed by atoms with E-state index >= 15 is 0 Å². The van der Waals surface area contributed by atoms with Gasteiger partial charge in [-0.05, 0) is 45.8 Å². The van der Waals surface area contributed by atoms with Crippen LogP contribution >= 0.6 is 0 Å². The number of epoxide rings is 1. The first kappa shape index (κ1) is 18.1. The molecule has 0 aromatic carbocycles. The van der Waals surface area contributed by atoms with Gasteiger partial charge in [0.1, 0.15) is 12.2 Å². The molecule has 0 aromatic heterocycles. The Morgan fingerprint density at radius 2 is 2.14 bits per heavy atom. The molecule has 1 heterocycles. The van der Waals surface area contributed by atoms with Gasteiger partial charge in [0.25, 0.3) is 0 Å². The van der Waals surface area contributed by atoms with Crippen LogP contribution in [-0.4, -0.2) is 37.6 Å². The molecule has 1 rings (SSSR count). The van der Waals surface area contributed by atoms with Crippen LogP contribution in [0.15, 0.2) is 36.0 Å². The first-order valence-corrected chi connectivity index (χ1v) is 7.47. The summed E-state index contributed by atoms with van der Waals surface area (Å²) in [6, 6.07) is 0. The zero-order valence-corrected chi connectivity index (χ0v) is 13.9. The van der Waals surface area contributed by atoms with Crippen molar-refractivity contribution in [1.29, 1.82) is 0 Å². The van der Waals surface area contributed by atoms with Crippen LogP contribution in [0.2, 0.25) is 0 Å². The van der Waals surface area contributed by atoms with Gasteiger partial charge >= 0.3 is 0 Å². The van der Waals surface area contributed by atoms with Crippen molar-refractivity contribution in [2.24, 2.45) is 0 Å². The SMILES string of the molecule is C=C/C(=C\C(=C/C)C(C)ONC(C)(C)C)COCC1CO1. The Morgan fingerprint density at radius 3 is 2.62 bits per heavy atom. The maximum atomic E-state index is 5.70. The molecule has 4 heteroatoms. The molecule has 1 N–H and O–H groups in total. The topological polar surface area (TPSA) is 43.0 Å². The molecular weight excluding hydrogens is 266 g/mol. The van der Waals surface area contributed by atoms with Gasteiger partial charge in [-0.1, -0.05) is 24.8 Å². The molecule has 0 spiro atoms. The smallest absolute Gasteiger partial charge is 0.104 e. The number of ether oxygens (including phenoxy) is 2. The fraction of sp³-hybridized carbons (Fsp3) is 0.647. The highest BCUT2D eigenvalue weighted by Gasteiger charge is 2.22. The van der Waals surface area contributed by atoms with E-state index < -0.39 is 0 Å². The van der Waals surface area contributed by atoms with E-state index in [-0.39, 0.29) is 17.7 Å². The predicted octanol–water partition coefficient (Wildman–Crippen LogP) is 3.17. The minimum Gasteiger partial charge on any atom is -0.374 e. The van der Waals surface area contributed by atoms with Crippen molar-refractivity contribution in [3.05, 3.63) is 36.0 Å². The predicted molar refractivity (Wildman–Crippen MR) is 86.0 cm³/mol. The van der Waals surface area contributed by atoms with Gasteiger partial charge in [0.2, 0.25) is 0 Å². The van der Waals surface area contributed by atoms with Crippen molar-refractivity contribution in [3.63, 3.8) is 0 Å². The highest BCUT2D eigenvalue weighted by Crippen LogP contribution is 2.14. The van der Waals surface area contributed by atoms with E-state index in [1.807, 2.05) is 26.0 Å². The summed E-state index contributed by atoms with van der Waals surface area (Å²) in [5.41, 5.74) is 5.10. The average molecular weight is 295 g/mol. The Morgan fingerprint density at radius 1 is 1.48 bits per heavy atom. The molecule has 0 amide bonds. The van der Waals surface area contributed by atoms with Crippen molar-refractivity contribution in [2.45, 2.75) is 52.4 Å². The van der Waals surface area contributed by atoms with E-state index in [9.17, 15) is 0 Å². The Balaban J connectivity index is 2.50. The third-order valence-corrected chi connectivity index (χ3v) is 2.93. The molecule has 0 saturated carbocycles. The first-order valence-electron chi connectivity index (χ1n) is 7.47. The van der Waals surface area contributed by atoms with Gasteiger partial charge in [-0.3, -0.25) is 4.84 Å². The summed E-state index contributed by atoms with van der Waals surface area (Å²) in [6.07, 6.45) is 6.17. The largest absolute Gasteiger partial charge is 0.374 e. The van der Waals surface area contributed by atoms with Crippen molar-refractivity contribution >= 4 is 0 Å². The molecule has 0 aromatic rings. The monoisotopic (exact) mass is 295 g/mol. The highest BCUT2D eigenvalue weighted by molar-refractivity contribution is 5.31. The Kier molecular flexibility index (Phi) is 7.32. The fourth-order valence-corrected chi connectivity index (χ4v) is 1.61. The molecule has 21 heavy (non-hydrogen) atoms. The van der Waals surface area contributed by atoms with Gasteiger partial charge in [-0.15, -0.1) is 0 Å². The summed E-state index contributed by atoms with van der Waals surface area (Å²) in [7, 11) is 0. The standard InChI is InChI=1S/C17H29NO3/c1-7-14(10-19-11-16-12-20-16)9-15(8-2)13(3)21-18-17(4,5)6/h7-9,13,16,18H,1,10-12H2,2-6H3/b14-9+,15-8+. The Hall–Kier alpha value is -0.940. The van der Waals surface area contributed by atoms with E-state index in [0.29, 0.717) is 13.2 Å². The lowest BCUT2D eigenvalue weighted by atomic mass is 10.1. The highest BCUT2D eigenvalue weighted by atomic mass is 16.7. The second-order valence-electron chi connectivity index (χ2n) is 6.29. The quantitative estimate of drug-likeness (QED) is 0.403. The minimum atomic E-state index is -0.0779. The van der Waals surface area contributed by atoms with Crippen molar-refractivity contribution < 1.29 is 14.3 Å². The van der Waals surface area contributed by atoms with Gasteiger partial charge in [0, 0.05) is 5.54 Å². The average Bonchev–Trinajstić information content (AvgIpc) is 3.23. The molecule has 0 bridgehead atoms. The van der Waals surface area contributed by atoms with E-state index in [2.05, 4.69) is 38.9 Å². The van der Waals surface area contributed by atoms with Crippen molar-refractivity contribution in [2.75, 3.05) is 19.8 Å². The van der Waals surface area contributed by atoms with Gasteiger partial charge in [-0.2, -0.15) is 5.48 Å². The number of allylic oxidation sites excluding steroid dienone is 1. The summed E-state index contributed by atoms with van der Waals surface area (Å²) in [6.45, 7) is 16.1. The van der Waals surface area contributed by atoms with Crippen LogP contribution in [0, 0.1) is 0 Å². The third-order valence-electron chi connectivity index (χ3n) is 2.93. The van der Waals surface area contributed by atoms with Crippen LogP contribution in [0.3, 0.4) is 0 Å². The van der Waals surface area contributed by atoms with E-state index in [1.54, 1.807) is 0 Å². The van der Waals surface area contributed by atoms with Crippen molar-refractivity contribution in [3.8, 4) is 0 Å². The van der Waals surface area contributed by atoms with E-state index in [1.165, 1.54) is 0 Å². The molecule has 0 aliphatic carbocycles. The lowest BCUT2D eigenvalue weighted by Crippen LogP contribution is -2.38. The van der Waals surface area contributed by atoms with Gasteiger partial charge < -0.3 is 9.47 Å². The van der Waals surface area contributed by atoms with E-state index in [0.717, 1.165) is 17.8 Å². The van der Waals surface area contributed by atoms with Gasteiger partial charge in [0.05, 0.1) is 19.8 Å². The van der Waals surface area contributed by atoms with E-state index in [4.69, 9.17) is 14.3 Å². The van der Waals surface area contributed by atoms with Crippen LogP contribution in [-0.2, 0) is 14.3 Å². The second-order valence-corrected chi connectivity index (χ2v) is 6.29. The van der Waals surface area contributed by atoms with Crippen LogP contribution in [0.1, 0.15) is 34.6 Å². The summed E-state index contributed by atoms with van der Waals surface area (Å²) >= 11 is 0. The molecule has 4 nitrogen and oxygen atoms in total. The lowest BCUT2D eigenvalue weighted by Gasteiger charge is -2.24. The summed E-state index contributed by atoms with van der Waals surface area (Å²) in [4.78, 5) is 5.70. The maximum Gasteiger partial charge on any atom is 0.104 e. The third kappa shape index (κ3) is 8.17. The zero-order chi connectivity index (χ0) is 15.9. The normalized spacial score (nSPS) is 21.3. The molecule has 0 radical (unpaired) electrons. The minimum absolute atomic E-state index is 0.0454. The fourth-order valence-electron chi connectivity index (χ4n) is 1.61. The maximum absolute atomic E-state index is 5.70. The zero-order valence-electron chi connectivity index (χ0n) is 13.9. The summed E-state index contributed by atoms with van der Waals surface area (Å²) in [5, 5.41) is 0. The Bertz CT molecular complexity index is 389. The number of rotatable bonds is 9. The summed E-state index contributed by atoms with van der Waals surface area (Å²) < 4.78 is 10.7. The molecule has 120 valence electrons. The molecule has 2 atom stereocenters. The second kappa shape index (κ2) is 8.49. The molecule has 1 aliphatic heterocycles. The van der Waals surface area contributed by atoms with Gasteiger partial charge in [-0.25, -0.2) is 0 Å².